The summed E-state index contributed by atoms with van der Waals surface area (Å²) in [5.41, 5.74) is 15.5. The second-order valence-corrected chi connectivity index (χ2v) is 23.0. The Morgan fingerprint density at radius 1 is 0.731 bits per heavy atom. The third-order valence-corrected chi connectivity index (χ3v) is 16.9. The number of anilines is 6. The monoisotopic (exact) mass is 1190 g/mol. The summed E-state index contributed by atoms with van der Waals surface area (Å²) in [5.74, 6) is -1.10. The van der Waals surface area contributed by atoms with E-state index in [1.54, 1.807) is 0 Å². The minimum atomic E-state index is -6.56. The van der Waals surface area contributed by atoms with Crippen molar-refractivity contribution in [2.24, 2.45) is 4.99 Å². The summed E-state index contributed by atoms with van der Waals surface area (Å²) >= 11 is 0. The number of methoxy groups -OCH3 is 2. The normalized spacial score (nSPS) is 29.4. The van der Waals surface area contributed by atoms with Crippen LogP contribution in [0.25, 0.3) is 11.2 Å². The van der Waals surface area contributed by atoms with E-state index in [0.29, 0.717) is 0 Å². The molecule has 3 saturated heterocycles. The van der Waals surface area contributed by atoms with E-state index in [1.165, 1.54) is 42.6 Å². The number of phosphoric ester groups is 3. The zero-order valence-corrected chi connectivity index (χ0v) is 44.9. The lowest BCUT2D eigenvalue weighted by Crippen LogP contribution is -2.44. The maximum atomic E-state index is 13.7. The fourth-order valence-electron chi connectivity index (χ4n) is 8.36. The Balaban J connectivity index is 1.02. The summed E-state index contributed by atoms with van der Waals surface area (Å²) in [6.07, 6.45) is -17.5. The molecule has 3 aliphatic heterocycles. The van der Waals surface area contributed by atoms with E-state index < -0.39 is 136 Å². The minimum Gasteiger partial charge on any atom is -0.756 e. The van der Waals surface area contributed by atoms with E-state index in [9.17, 15) is 62.7 Å². The molecule has 4 aromatic heterocycles. The summed E-state index contributed by atoms with van der Waals surface area (Å²) in [6.45, 7) is -0.197. The number of rotatable bonds is 24. The minimum absolute atomic E-state index is 0.0173. The van der Waals surface area contributed by atoms with Gasteiger partial charge in [0.1, 0.15) is 72.5 Å². The first-order valence-electron chi connectivity index (χ1n) is 22.1. The average Bonchev–Trinajstić information content (AvgIpc) is 4.10. The van der Waals surface area contributed by atoms with Crippen LogP contribution in [0.5, 0.6) is 0 Å². The van der Waals surface area contributed by atoms with Crippen LogP contribution in [0.3, 0.4) is 0 Å². The van der Waals surface area contributed by atoms with Gasteiger partial charge in [-0.15, -0.1) is 0 Å². The first kappa shape index (κ1) is 60.6. The Morgan fingerprint density at radius 3 is 1.86 bits per heavy atom. The number of aliphatic imine (C=N–C) groups is 1. The number of ether oxygens (including phenoxy) is 5. The molecule has 0 amide bonds. The van der Waals surface area contributed by atoms with Crippen LogP contribution in [-0.4, -0.2) is 196 Å². The molecule has 0 bridgehead atoms. The van der Waals surface area contributed by atoms with Crippen LogP contribution in [0.4, 0.5) is 40.7 Å². The number of aliphatic hydroxyl groups is 3. The molecule has 78 heavy (non-hydrogen) atoms. The average molecular weight is 1190 g/mol. The van der Waals surface area contributed by atoms with Crippen LogP contribution < -0.4 is 57.7 Å². The van der Waals surface area contributed by atoms with Gasteiger partial charge < -0.3 is 99.5 Å². The van der Waals surface area contributed by atoms with Gasteiger partial charge in [-0.1, -0.05) is 0 Å². The van der Waals surface area contributed by atoms with Crippen molar-refractivity contribution in [1.82, 2.24) is 39.5 Å². The van der Waals surface area contributed by atoms with Crippen molar-refractivity contribution < 1.29 is 104 Å². The second kappa shape index (κ2) is 23.6. The molecule has 0 aromatic carbocycles. The molecule has 43 heteroatoms. The number of nitrogens with zero attached hydrogens (tertiary/aromatic N) is 10. The highest BCUT2D eigenvalue weighted by molar-refractivity contribution is 7.65. The Hall–Kier alpha value is -5.02. The maximum Gasteiger partial charge on any atom is 0.472 e. The summed E-state index contributed by atoms with van der Waals surface area (Å²) in [5, 5.41) is 32.8. The zero-order valence-electron chi connectivity index (χ0n) is 41.4. The van der Waals surface area contributed by atoms with Gasteiger partial charge in [0.15, 0.2) is 47.5 Å². The summed E-state index contributed by atoms with van der Waals surface area (Å²) in [6, 6.07) is 0. The van der Waals surface area contributed by atoms with Crippen molar-refractivity contribution in [2.45, 2.75) is 73.6 Å². The standard InChI is InChI=1S/C35H55N15O24P4/c1-39-17-27(43-34(37)45-29(17)54)48(4)31-20(52)19(51)13(69-31)8-66-75(56,57)72-23-15(71-33(24(23)65-7)50-12-42-16-25(36)40-11-41-26(16)50)10-68-77(60,61)74-78(62,63)73-76(58,59)67-9-14-22(64-6)21(53)32(70-14)49(5)28-18(47(2)3)30(55)46-35(38)44-28/h11-15,19-24,31-33,51-53H,1,8-10H2,2-7H3,(H,56,57)(H,58,59)(H,60,61)(H,62,63)(H2,36,40,41)(H3,37,43,45,54)(H3,38,44,46,55)/p-3/t13-,14-,15-,19?,20?,21?,22?,23+,24?,31-,32-,33-/m1/s1. The number of fused-ring (bicyclic) bond motifs is 1. The number of nitrogens with two attached hydrogens (primary N) is 3. The Labute approximate surface area is 438 Å². The number of nitrogens with one attached hydrogen (secondary N) is 2. The molecule has 16 atom stereocenters. The van der Waals surface area contributed by atoms with E-state index >= 15 is 0 Å². The fraction of sp³-hybridized carbons (Fsp3) is 0.600. The molecule has 7 heterocycles. The predicted octanol–water partition coefficient (Wildman–Crippen LogP) is -5.16. The highest BCUT2D eigenvalue weighted by Crippen LogP contribution is 2.63. The van der Waals surface area contributed by atoms with Gasteiger partial charge in [0, 0.05) is 42.4 Å². The lowest BCUT2D eigenvalue weighted by molar-refractivity contribution is -0.252. The van der Waals surface area contributed by atoms with E-state index in [0.717, 1.165) is 31.8 Å². The van der Waals surface area contributed by atoms with Crippen LogP contribution in [-0.2, 0) is 68.7 Å². The number of imidazole rings is 1. The molecular weight excluding hydrogens is 1140 g/mol. The Kier molecular flexibility index (Phi) is 18.3. The van der Waals surface area contributed by atoms with Crippen LogP contribution in [0.1, 0.15) is 6.23 Å². The predicted molar refractivity (Wildman–Crippen MR) is 257 cm³/mol. The SMILES string of the molecule is C=Nc1c(N(C)[C@@H]2O[C@H](COP(=O)(O)O[C@@H]3C(OC)[C@H](n4cnc5c(N)ncnc54)O[C@@H]3COP(=O)([O-])OP(=O)([O-])OP(=O)([O-])OC[C@H]3O[C@@H](N(C)c4nc(N)[nH]c(=O)c4N(C)C)C(O)C3OC)C(O)C2O)nc(N)[nH]c1=O. The Bertz CT molecular complexity index is 3160. The van der Waals surface area contributed by atoms with Gasteiger partial charge in [-0.05, 0) is 6.72 Å². The van der Waals surface area contributed by atoms with Crippen LogP contribution in [0, 0.1) is 0 Å². The topological polar surface area (TPSA) is 555 Å². The van der Waals surface area contributed by atoms with Crippen molar-refractivity contribution >= 4 is 89.9 Å². The van der Waals surface area contributed by atoms with E-state index in [2.05, 4.69) is 59.7 Å². The summed E-state index contributed by atoms with van der Waals surface area (Å²) in [7, 11) is -16.7. The van der Waals surface area contributed by atoms with Crippen molar-refractivity contribution in [3.05, 3.63) is 33.4 Å². The number of likely N-dealkylation sites (N-methyl/N-ethyl adjacent to an activating group) is 2. The zero-order chi connectivity index (χ0) is 57.6. The van der Waals surface area contributed by atoms with Gasteiger partial charge in [0.2, 0.25) is 11.9 Å². The molecule has 3 fully saturated rings. The van der Waals surface area contributed by atoms with E-state index in [-0.39, 0.29) is 51.9 Å². The molecule has 12 N–H and O–H groups in total. The molecule has 39 nitrogen and oxygen atoms in total. The molecule has 434 valence electrons. The van der Waals surface area contributed by atoms with Crippen LogP contribution in [0.2, 0.25) is 0 Å². The number of aliphatic hydroxyl groups excluding tert-OH is 3. The first-order chi connectivity index (χ1) is 36.4. The molecule has 0 saturated carbocycles. The van der Waals surface area contributed by atoms with Crippen molar-refractivity contribution in [3.8, 4) is 0 Å². The summed E-state index contributed by atoms with van der Waals surface area (Å²) < 4.78 is 110. The number of H-pyrrole nitrogens is 2. The van der Waals surface area contributed by atoms with E-state index in [1.807, 2.05) is 0 Å². The maximum absolute atomic E-state index is 13.7. The Morgan fingerprint density at radius 2 is 1.27 bits per heavy atom. The van der Waals surface area contributed by atoms with Gasteiger partial charge in [-0.3, -0.25) is 51.9 Å². The first-order valence-corrected chi connectivity index (χ1v) is 28.0. The fourth-order valence-corrected chi connectivity index (χ4v) is 12.7. The smallest absolute Gasteiger partial charge is 0.472 e. The molecule has 9 unspecified atom stereocenters. The molecular formula is C35H52N15O24P4-3. The number of aromatic nitrogens is 8. The number of nitrogen functional groups attached to an aromatic ring is 3. The van der Waals surface area contributed by atoms with Crippen molar-refractivity contribution in [3.63, 3.8) is 0 Å². The largest absolute Gasteiger partial charge is 0.756 e. The van der Waals surface area contributed by atoms with Gasteiger partial charge in [-0.25, -0.2) is 28.1 Å². The van der Waals surface area contributed by atoms with Crippen LogP contribution >= 0.6 is 31.3 Å². The number of phosphoric acid groups is 4. The van der Waals surface area contributed by atoms with Crippen molar-refractivity contribution in [1.29, 1.82) is 0 Å². The molecule has 0 radical (unpaired) electrons. The third kappa shape index (κ3) is 13.1. The molecule has 4 aromatic rings. The van der Waals surface area contributed by atoms with Gasteiger partial charge >= 0.3 is 7.82 Å². The molecule has 7 rings (SSSR count). The summed E-state index contributed by atoms with van der Waals surface area (Å²) in [4.78, 5) is 107. The lowest BCUT2D eigenvalue weighted by Gasteiger charge is -2.35. The lowest BCUT2D eigenvalue weighted by atomic mass is 10.1. The number of hydrogen-bond donors (Lipinski definition) is 9. The third-order valence-electron chi connectivity index (χ3n) is 11.8. The quantitative estimate of drug-likeness (QED) is 0.0234. The molecule has 0 spiro atoms. The van der Waals surface area contributed by atoms with Crippen molar-refractivity contribution in [2.75, 3.05) is 94.1 Å². The molecule has 0 aliphatic carbocycles. The van der Waals surface area contributed by atoms with Gasteiger partial charge in [0.25, 0.3) is 34.6 Å². The van der Waals surface area contributed by atoms with Crippen LogP contribution in [0.15, 0.2) is 27.2 Å². The van der Waals surface area contributed by atoms with E-state index in [4.69, 9.17) is 54.5 Å². The number of hydrogen-bond acceptors (Lipinski definition) is 35. The second-order valence-electron chi connectivity index (χ2n) is 17.1. The van der Waals surface area contributed by atoms with Gasteiger partial charge in [0.05, 0.1) is 26.1 Å². The molecule has 3 aliphatic rings. The van der Waals surface area contributed by atoms with Gasteiger partial charge in [-0.2, -0.15) is 9.97 Å². The number of aromatic amines is 2. The highest BCUT2D eigenvalue weighted by atomic mass is 31.3. The highest BCUT2D eigenvalue weighted by Gasteiger charge is 2.53.